The van der Waals surface area contributed by atoms with Crippen molar-refractivity contribution in [2.45, 2.75) is 75.8 Å². The molecule has 30 heavy (non-hydrogen) atoms. The molecular weight excluding hydrogens is 419 g/mol. The minimum Gasteiger partial charge on any atom is -0.354 e. The van der Waals surface area contributed by atoms with Gasteiger partial charge in [0.05, 0.1) is 5.69 Å². The van der Waals surface area contributed by atoms with Gasteiger partial charge in [-0.05, 0) is 38.5 Å². The van der Waals surface area contributed by atoms with Gasteiger partial charge in [-0.1, -0.05) is 19.3 Å². The molecule has 6 nitrogen and oxygen atoms in total. The molecule has 3 heterocycles. The fraction of sp³-hybridized carbons (Fsp3) is 0.818. The molecule has 2 N–H and O–H groups in total. The van der Waals surface area contributed by atoms with E-state index in [2.05, 4.69) is 20.8 Å². The molecule has 0 unspecified atom stereocenters. The molecule has 170 valence electrons. The Balaban J connectivity index is 0.00000128. The Labute approximate surface area is 193 Å². The second-order valence-corrected chi connectivity index (χ2v) is 9.39. The Morgan fingerprint density at radius 2 is 1.43 bits per heavy atom. The van der Waals surface area contributed by atoms with Crippen molar-refractivity contribution in [3.8, 4) is 0 Å². The molecule has 5 rings (SSSR count). The van der Waals surface area contributed by atoms with Gasteiger partial charge in [-0.2, -0.15) is 4.98 Å². The molecule has 2 aliphatic carbocycles. The maximum atomic E-state index is 6.06. The van der Waals surface area contributed by atoms with Crippen LogP contribution in [0.15, 0.2) is 6.07 Å². The molecule has 2 saturated carbocycles. The molecular formula is C22H38Cl2N6. The van der Waals surface area contributed by atoms with E-state index in [9.17, 15) is 0 Å². The fourth-order valence-electron chi connectivity index (χ4n) is 5.54. The van der Waals surface area contributed by atoms with E-state index in [-0.39, 0.29) is 24.8 Å². The highest BCUT2D eigenvalue weighted by Crippen LogP contribution is 2.37. The first kappa shape index (κ1) is 23.8. The number of hydrogen-bond donors (Lipinski definition) is 1. The monoisotopic (exact) mass is 456 g/mol. The van der Waals surface area contributed by atoms with E-state index in [0.717, 1.165) is 56.8 Å². The zero-order valence-electron chi connectivity index (χ0n) is 18.0. The van der Waals surface area contributed by atoms with Crippen molar-refractivity contribution < 1.29 is 0 Å². The molecule has 0 bridgehead atoms. The third kappa shape index (κ3) is 5.14. The minimum absolute atomic E-state index is 0. The summed E-state index contributed by atoms with van der Waals surface area (Å²) in [7, 11) is 0. The summed E-state index contributed by atoms with van der Waals surface area (Å²) >= 11 is 0. The summed E-state index contributed by atoms with van der Waals surface area (Å²) in [6.07, 6.45) is 11.7. The third-order valence-corrected chi connectivity index (χ3v) is 7.43. The second-order valence-electron chi connectivity index (χ2n) is 9.39. The van der Waals surface area contributed by atoms with E-state index >= 15 is 0 Å². The first-order chi connectivity index (χ1) is 13.8. The lowest BCUT2D eigenvalue weighted by molar-refractivity contribution is 0.147. The first-order valence-electron chi connectivity index (χ1n) is 11.6. The van der Waals surface area contributed by atoms with Gasteiger partial charge in [0.25, 0.3) is 0 Å². The maximum absolute atomic E-state index is 6.06. The number of rotatable bonds is 4. The minimum atomic E-state index is 0. The number of hydrogen-bond acceptors (Lipinski definition) is 6. The van der Waals surface area contributed by atoms with Crippen LogP contribution >= 0.6 is 24.8 Å². The zero-order chi connectivity index (χ0) is 18.9. The van der Waals surface area contributed by atoms with Crippen LogP contribution in [-0.2, 0) is 0 Å². The molecule has 0 spiro atoms. The average molecular weight is 457 g/mol. The van der Waals surface area contributed by atoms with Crippen molar-refractivity contribution in [2.75, 3.05) is 49.1 Å². The van der Waals surface area contributed by atoms with Gasteiger partial charge >= 0.3 is 0 Å². The largest absolute Gasteiger partial charge is 0.354 e. The Hall–Kier alpha value is -0.820. The summed E-state index contributed by atoms with van der Waals surface area (Å²) in [4.78, 5) is 17.6. The van der Waals surface area contributed by atoms with Crippen molar-refractivity contribution >= 4 is 36.6 Å². The highest BCUT2D eigenvalue weighted by Gasteiger charge is 2.31. The van der Waals surface area contributed by atoms with E-state index in [4.69, 9.17) is 15.7 Å². The smallest absolute Gasteiger partial charge is 0.227 e. The summed E-state index contributed by atoms with van der Waals surface area (Å²) in [5.41, 5.74) is 7.29. The van der Waals surface area contributed by atoms with E-state index in [1.54, 1.807) is 0 Å². The van der Waals surface area contributed by atoms with Gasteiger partial charge in [0.1, 0.15) is 5.82 Å². The number of halogens is 2. The van der Waals surface area contributed by atoms with E-state index in [1.807, 2.05) is 0 Å². The highest BCUT2D eigenvalue weighted by atomic mass is 35.5. The lowest BCUT2D eigenvalue weighted by Gasteiger charge is -2.41. The normalized spacial score (nSPS) is 27.9. The summed E-state index contributed by atoms with van der Waals surface area (Å²) < 4.78 is 0. The van der Waals surface area contributed by atoms with Gasteiger partial charge in [0.15, 0.2) is 0 Å². The number of anilines is 2. The van der Waals surface area contributed by atoms with Crippen LogP contribution in [0.4, 0.5) is 11.8 Å². The van der Waals surface area contributed by atoms with Gasteiger partial charge < -0.3 is 15.5 Å². The standard InChI is InChI=1S/C22H36N6.2ClH/c23-18-14-17(15-18)20-16-21(25-22(24-20)28-8-4-5-9-28)27-12-10-26(11-13-27)19-6-2-1-3-7-19;;/h16-19H,1-15,23H2;2*1H. The zero-order valence-corrected chi connectivity index (χ0v) is 19.7. The molecule has 2 aliphatic heterocycles. The molecule has 1 aromatic heterocycles. The average Bonchev–Trinajstić information content (AvgIpc) is 3.27. The summed E-state index contributed by atoms with van der Waals surface area (Å²) in [5.74, 6) is 2.64. The second kappa shape index (κ2) is 10.7. The first-order valence-corrected chi connectivity index (χ1v) is 11.6. The van der Waals surface area contributed by atoms with Crippen LogP contribution in [0.1, 0.15) is 69.4 Å². The van der Waals surface area contributed by atoms with Gasteiger partial charge in [-0.15, -0.1) is 24.8 Å². The Morgan fingerprint density at radius 3 is 2.07 bits per heavy atom. The number of aromatic nitrogens is 2. The van der Waals surface area contributed by atoms with Crippen LogP contribution in [0.25, 0.3) is 0 Å². The lowest BCUT2D eigenvalue weighted by Crippen LogP contribution is -2.51. The fourth-order valence-corrected chi connectivity index (χ4v) is 5.54. The third-order valence-electron chi connectivity index (χ3n) is 7.43. The van der Waals surface area contributed by atoms with Gasteiger partial charge in [0, 0.05) is 63.3 Å². The molecule has 0 amide bonds. The van der Waals surface area contributed by atoms with Gasteiger partial charge in [0.2, 0.25) is 5.95 Å². The SMILES string of the molecule is Cl.Cl.NC1CC(c2cc(N3CCN(C4CCCCC4)CC3)nc(N3CCCC3)n2)C1. The van der Waals surface area contributed by atoms with E-state index < -0.39 is 0 Å². The van der Waals surface area contributed by atoms with E-state index in [1.165, 1.54) is 63.7 Å². The number of nitrogens with zero attached hydrogens (tertiary/aromatic N) is 5. The summed E-state index contributed by atoms with van der Waals surface area (Å²) in [5, 5.41) is 0. The molecule has 0 atom stereocenters. The lowest BCUT2D eigenvalue weighted by atomic mass is 9.78. The Bertz CT molecular complexity index is 664. The maximum Gasteiger partial charge on any atom is 0.227 e. The van der Waals surface area contributed by atoms with Crippen molar-refractivity contribution in [2.24, 2.45) is 5.73 Å². The van der Waals surface area contributed by atoms with E-state index in [0.29, 0.717) is 12.0 Å². The molecule has 4 fully saturated rings. The predicted molar refractivity (Wildman–Crippen MR) is 129 cm³/mol. The highest BCUT2D eigenvalue weighted by molar-refractivity contribution is 5.85. The molecule has 4 aliphatic rings. The summed E-state index contributed by atoms with van der Waals surface area (Å²) in [6.45, 7) is 6.74. The van der Waals surface area contributed by atoms with Crippen LogP contribution in [0.2, 0.25) is 0 Å². The number of piperazine rings is 1. The Morgan fingerprint density at radius 1 is 0.767 bits per heavy atom. The number of nitrogens with two attached hydrogens (primary N) is 1. The molecule has 8 heteroatoms. The van der Waals surface area contributed by atoms with Crippen molar-refractivity contribution in [1.82, 2.24) is 14.9 Å². The summed E-state index contributed by atoms with van der Waals surface area (Å²) in [6, 6.07) is 3.46. The topological polar surface area (TPSA) is 61.5 Å². The Kier molecular flexibility index (Phi) is 8.47. The molecule has 0 aromatic carbocycles. The quantitative estimate of drug-likeness (QED) is 0.746. The van der Waals surface area contributed by atoms with Crippen LogP contribution in [-0.4, -0.2) is 66.2 Å². The van der Waals surface area contributed by atoms with Crippen LogP contribution < -0.4 is 15.5 Å². The van der Waals surface area contributed by atoms with Crippen LogP contribution in [0, 0.1) is 0 Å². The van der Waals surface area contributed by atoms with Gasteiger partial charge in [-0.25, -0.2) is 4.98 Å². The van der Waals surface area contributed by atoms with Crippen molar-refractivity contribution in [3.63, 3.8) is 0 Å². The molecule has 2 saturated heterocycles. The van der Waals surface area contributed by atoms with Gasteiger partial charge in [-0.3, -0.25) is 4.90 Å². The van der Waals surface area contributed by atoms with Crippen molar-refractivity contribution in [3.05, 3.63) is 11.8 Å². The van der Waals surface area contributed by atoms with Crippen LogP contribution in [0.5, 0.6) is 0 Å². The van der Waals surface area contributed by atoms with Crippen LogP contribution in [0.3, 0.4) is 0 Å². The molecule has 0 radical (unpaired) electrons. The van der Waals surface area contributed by atoms with Crippen molar-refractivity contribution in [1.29, 1.82) is 0 Å². The predicted octanol–water partition coefficient (Wildman–Crippen LogP) is 3.58. The molecule has 1 aromatic rings.